The molecule has 2 amide bonds. The monoisotopic (exact) mass is 518 g/mol. The van der Waals surface area contributed by atoms with Crippen molar-refractivity contribution in [2.75, 3.05) is 4.90 Å². The summed E-state index contributed by atoms with van der Waals surface area (Å²) in [4.78, 5) is 30.0. The van der Waals surface area contributed by atoms with Gasteiger partial charge >= 0.3 is 6.09 Å². The van der Waals surface area contributed by atoms with E-state index >= 15 is 0 Å². The lowest BCUT2D eigenvalue weighted by Crippen LogP contribution is -2.32. The molecule has 1 aliphatic carbocycles. The molecule has 0 saturated heterocycles. The zero-order valence-corrected chi connectivity index (χ0v) is 23.4. The van der Waals surface area contributed by atoms with E-state index in [4.69, 9.17) is 5.73 Å². The lowest BCUT2D eigenvalue weighted by molar-refractivity contribution is -0.119. The Balaban J connectivity index is 0.000000436. The van der Waals surface area contributed by atoms with Gasteiger partial charge in [-0.15, -0.1) is 0 Å². The van der Waals surface area contributed by atoms with Crippen LogP contribution in [0.2, 0.25) is 0 Å². The van der Waals surface area contributed by atoms with Gasteiger partial charge in [0.1, 0.15) is 11.4 Å². The predicted octanol–water partition coefficient (Wildman–Crippen LogP) is 6.39. The molecule has 204 valence electrons. The number of nitrogens with two attached hydrogens (primary N) is 1. The lowest BCUT2D eigenvalue weighted by atomic mass is 9.91. The van der Waals surface area contributed by atoms with Crippen LogP contribution >= 0.6 is 0 Å². The number of primary amides is 1. The minimum Gasteiger partial charge on any atom is -0.444 e. The van der Waals surface area contributed by atoms with Gasteiger partial charge in [0, 0.05) is 31.0 Å². The largest absolute Gasteiger partial charge is 0.444 e. The van der Waals surface area contributed by atoms with E-state index in [1.165, 1.54) is 29.5 Å². The van der Waals surface area contributed by atoms with E-state index in [0.717, 1.165) is 30.9 Å². The third-order valence-electron chi connectivity index (χ3n) is 6.64. The molecule has 0 spiro atoms. The van der Waals surface area contributed by atoms with E-state index in [1.54, 1.807) is 20.8 Å². The molecule has 0 aliphatic heterocycles. The Kier molecular flexibility index (Phi) is 10.1. The van der Waals surface area contributed by atoms with E-state index in [-0.39, 0.29) is 11.8 Å². The molecule has 0 unspecified atom stereocenters. The van der Waals surface area contributed by atoms with Gasteiger partial charge in [-0.05, 0) is 88.1 Å². The molecule has 0 saturated carbocycles. The van der Waals surface area contributed by atoms with Gasteiger partial charge in [0.15, 0.2) is 0 Å². The smallest absolute Gasteiger partial charge is 0.405 e. The highest BCUT2D eigenvalue weighted by molar-refractivity contribution is 5.93. The first-order valence-electron chi connectivity index (χ1n) is 13.5. The normalized spacial score (nSPS) is 13.5. The SMILES string of the molecule is CC(C)(C)OC(N)=O.CCn1ccnc1CN(C(=O)C[C@H](C)c1ccccc1)c1ccc2c(c1)CCCC2. The first-order chi connectivity index (χ1) is 18.1. The molecule has 0 fully saturated rings. The highest BCUT2D eigenvalue weighted by Gasteiger charge is 2.22. The highest BCUT2D eigenvalue weighted by atomic mass is 16.6. The molecule has 1 aromatic heterocycles. The second-order valence-electron chi connectivity index (χ2n) is 10.8. The molecule has 1 aliphatic rings. The molecule has 7 heteroatoms. The molecule has 1 atom stereocenters. The molecule has 4 rings (SSSR count). The van der Waals surface area contributed by atoms with Crippen molar-refractivity contribution in [1.82, 2.24) is 9.55 Å². The van der Waals surface area contributed by atoms with Gasteiger partial charge in [-0.1, -0.05) is 43.3 Å². The number of hydrogen-bond acceptors (Lipinski definition) is 4. The van der Waals surface area contributed by atoms with Crippen molar-refractivity contribution < 1.29 is 14.3 Å². The predicted molar refractivity (Wildman–Crippen MR) is 152 cm³/mol. The van der Waals surface area contributed by atoms with Crippen LogP contribution in [-0.2, 0) is 35.5 Å². The Bertz CT molecular complexity index is 1200. The first-order valence-corrected chi connectivity index (χ1v) is 13.5. The standard InChI is InChI=1S/C26H31N3O.C5H11NO2/c1-3-28-16-15-27-25(28)19-29(24-14-13-22-11-7-8-12-23(22)18-24)26(30)17-20(2)21-9-5-4-6-10-21;1-5(2,3)8-4(6)7/h4-6,9-10,13-16,18,20H,3,7-8,11-12,17,19H2,1-2H3;1-3H3,(H2,6,7)/t20-;/m0./s1. The van der Waals surface area contributed by atoms with Crippen LogP contribution in [0.5, 0.6) is 0 Å². The van der Waals surface area contributed by atoms with Crippen LogP contribution in [0.15, 0.2) is 60.9 Å². The fourth-order valence-corrected chi connectivity index (χ4v) is 4.71. The van der Waals surface area contributed by atoms with Crippen molar-refractivity contribution in [3.63, 3.8) is 0 Å². The molecule has 1 heterocycles. The van der Waals surface area contributed by atoms with E-state index in [2.05, 4.69) is 58.5 Å². The number of hydrogen-bond donors (Lipinski definition) is 1. The van der Waals surface area contributed by atoms with Crippen LogP contribution in [0.1, 0.15) is 82.3 Å². The number of nitrogens with zero attached hydrogens (tertiary/aromatic N) is 3. The zero-order valence-electron chi connectivity index (χ0n) is 23.4. The molecule has 38 heavy (non-hydrogen) atoms. The van der Waals surface area contributed by atoms with Gasteiger partial charge in [-0.2, -0.15) is 0 Å². The second-order valence-corrected chi connectivity index (χ2v) is 10.8. The summed E-state index contributed by atoms with van der Waals surface area (Å²) in [6.07, 6.45) is 8.31. The quantitative estimate of drug-likeness (QED) is 0.392. The van der Waals surface area contributed by atoms with E-state index in [9.17, 15) is 9.59 Å². The summed E-state index contributed by atoms with van der Waals surface area (Å²) in [5.74, 6) is 1.24. The average Bonchev–Trinajstić information content (AvgIpc) is 3.33. The number of carbonyl (C=O) groups excluding carboxylic acids is 2. The van der Waals surface area contributed by atoms with Gasteiger partial charge < -0.3 is 19.9 Å². The number of fused-ring (bicyclic) bond motifs is 1. The van der Waals surface area contributed by atoms with Crippen molar-refractivity contribution in [3.8, 4) is 0 Å². The molecule has 3 aromatic rings. The van der Waals surface area contributed by atoms with Gasteiger partial charge in [0.2, 0.25) is 5.91 Å². The maximum Gasteiger partial charge on any atom is 0.405 e. The minimum atomic E-state index is -0.725. The van der Waals surface area contributed by atoms with E-state index < -0.39 is 11.7 Å². The van der Waals surface area contributed by atoms with E-state index in [1.807, 2.05) is 35.5 Å². The van der Waals surface area contributed by atoms with Crippen molar-refractivity contribution in [2.24, 2.45) is 5.73 Å². The summed E-state index contributed by atoms with van der Waals surface area (Å²) in [5.41, 5.74) is 9.29. The van der Waals surface area contributed by atoms with Crippen LogP contribution in [0, 0.1) is 0 Å². The molecular weight excluding hydrogens is 476 g/mol. The number of benzene rings is 2. The number of aryl methyl sites for hydroxylation is 3. The fraction of sp³-hybridized carbons (Fsp3) is 0.452. The second kappa shape index (κ2) is 13.3. The first kappa shape index (κ1) is 29.0. The summed E-state index contributed by atoms with van der Waals surface area (Å²) < 4.78 is 6.69. The number of rotatable bonds is 7. The van der Waals surface area contributed by atoms with Crippen molar-refractivity contribution in [1.29, 1.82) is 0 Å². The van der Waals surface area contributed by atoms with Gasteiger partial charge in [-0.25, -0.2) is 9.78 Å². The van der Waals surface area contributed by atoms with Crippen molar-refractivity contribution >= 4 is 17.7 Å². The molecule has 0 radical (unpaired) electrons. The number of imidazole rings is 1. The van der Waals surface area contributed by atoms with Crippen LogP contribution in [-0.4, -0.2) is 27.2 Å². The van der Waals surface area contributed by atoms with Gasteiger partial charge in [0.25, 0.3) is 0 Å². The summed E-state index contributed by atoms with van der Waals surface area (Å²) in [7, 11) is 0. The maximum absolute atomic E-state index is 13.5. The molecule has 2 N–H and O–H groups in total. The fourth-order valence-electron chi connectivity index (χ4n) is 4.71. The molecule has 7 nitrogen and oxygen atoms in total. The van der Waals surface area contributed by atoms with Crippen molar-refractivity contribution in [2.45, 2.75) is 91.3 Å². The molecule has 0 bridgehead atoms. The Hall–Kier alpha value is -3.61. The number of aromatic nitrogens is 2. The zero-order chi connectivity index (χ0) is 27.7. The average molecular weight is 519 g/mol. The number of amides is 2. The van der Waals surface area contributed by atoms with Crippen molar-refractivity contribution in [3.05, 3.63) is 83.4 Å². The van der Waals surface area contributed by atoms with Crippen LogP contribution in [0.3, 0.4) is 0 Å². The summed E-state index contributed by atoms with van der Waals surface area (Å²) in [5, 5.41) is 0. The Morgan fingerprint density at radius 2 is 1.76 bits per heavy atom. The Labute approximate surface area is 227 Å². The topological polar surface area (TPSA) is 90.4 Å². The van der Waals surface area contributed by atoms with Crippen LogP contribution in [0.4, 0.5) is 10.5 Å². The number of anilines is 1. The maximum atomic E-state index is 13.5. The van der Waals surface area contributed by atoms with Gasteiger partial charge in [-0.3, -0.25) is 4.79 Å². The third-order valence-corrected chi connectivity index (χ3v) is 6.64. The summed E-state index contributed by atoms with van der Waals surface area (Å²) in [6, 6.07) is 16.9. The Morgan fingerprint density at radius 3 is 2.37 bits per heavy atom. The number of ether oxygens (including phenoxy) is 1. The molecular formula is C31H42N4O3. The van der Waals surface area contributed by atoms with E-state index in [0.29, 0.717) is 13.0 Å². The highest BCUT2D eigenvalue weighted by Crippen LogP contribution is 2.29. The Morgan fingerprint density at radius 1 is 1.08 bits per heavy atom. The van der Waals surface area contributed by atoms with Crippen LogP contribution < -0.4 is 10.6 Å². The third kappa shape index (κ3) is 8.47. The molecule has 2 aromatic carbocycles. The summed E-state index contributed by atoms with van der Waals surface area (Å²) in [6.45, 7) is 10.9. The number of carbonyl (C=O) groups is 2. The van der Waals surface area contributed by atoms with Gasteiger partial charge in [0.05, 0.1) is 6.54 Å². The minimum absolute atomic E-state index is 0.146. The van der Waals surface area contributed by atoms with Crippen LogP contribution in [0.25, 0.3) is 0 Å². The summed E-state index contributed by atoms with van der Waals surface area (Å²) >= 11 is 0. The lowest BCUT2D eigenvalue weighted by Gasteiger charge is -2.26.